The van der Waals surface area contributed by atoms with Crippen molar-refractivity contribution in [3.63, 3.8) is 0 Å². The summed E-state index contributed by atoms with van der Waals surface area (Å²) >= 11 is 0. The molecule has 8 heteroatoms. The maximum absolute atomic E-state index is 12.6. The van der Waals surface area contributed by atoms with Crippen molar-refractivity contribution >= 4 is 5.91 Å². The first-order valence-electron chi connectivity index (χ1n) is 8.40. The molecule has 130 valence electrons. The van der Waals surface area contributed by atoms with Crippen LogP contribution in [0.2, 0.25) is 0 Å². The summed E-state index contributed by atoms with van der Waals surface area (Å²) in [5.74, 6) is 0.968. The van der Waals surface area contributed by atoms with E-state index >= 15 is 0 Å². The number of carbonyl (C=O) groups excluding carboxylic acids is 1. The third-order valence-corrected chi connectivity index (χ3v) is 4.22. The van der Waals surface area contributed by atoms with E-state index in [1.54, 1.807) is 13.0 Å². The molecule has 0 aromatic carbocycles. The van der Waals surface area contributed by atoms with E-state index in [-0.39, 0.29) is 17.9 Å². The minimum absolute atomic E-state index is 0.205. The molecule has 24 heavy (non-hydrogen) atoms. The first-order chi connectivity index (χ1) is 11.7. The molecule has 3 heterocycles. The molecule has 0 spiro atoms. The molecule has 0 radical (unpaired) electrons. The zero-order valence-electron chi connectivity index (χ0n) is 14.0. The summed E-state index contributed by atoms with van der Waals surface area (Å²) in [6, 6.07) is 1.47. The fraction of sp³-hybridized carbons (Fsp3) is 0.625. The predicted molar refractivity (Wildman–Crippen MR) is 85.4 cm³/mol. The predicted octanol–water partition coefficient (Wildman–Crippen LogP) is 1.95. The lowest BCUT2D eigenvalue weighted by atomic mass is 9.91. The van der Waals surface area contributed by atoms with Gasteiger partial charge in [0.15, 0.2) is 5.82 Å². The van der Waals surface area contributed by atoms with Gasteiger partial charge in [0, 0.05) is 18.9 Å². The van der Waals surface area contributed by atoms with E-state index in [4.69, 9.17) is 9.26 Å². The summed E-state index contributed by atoms with van der Waals surface area (Å²) in [5.41, 5.74) is 1.34. The maximum Gasteiger partial charge on any atom is 0.272 e. The summed E-state index contributed by atoms with van der Waals surface area (Å²) in [7, 11) is 0. The topological polar surface area (TPSA) is 106 Å². The van der Waals surface area contributed by atoms with Gasteiger partial charge in [-0.3, -0.25) is 9.89 Å². The van der Waals surface area contributed by atoms with Gasteiger partial charge in [0.05, 0.1) is 0 Å². The summed E-state index contributed by atoms with van der Waals surface area (Å²) in [5, 5.41) is 13.9. The van der Waals surface area contributed by atoms with E-state index in [0.29, 0.717) is 30.6 Å². The number of aryl methyl sites for hydroxylation is 2. The third kappa shape index (κ3) is 3.81. The van der Waals surface area contributed by atoms with E-state index in [9.17, 15) is 4.79 Å². The molecular formula is C16H23N5O3. The van der Waals surface area contributed by atoms with Crippen molar-refractivity contribution in [3.8, 4) is 0 Å². The zero-order valence-corrected chi connectivity index (χ0v) is 14.0. The van der Waals surface area contributed by atoms with Gasteiger partial charge in [-0.05, 0) is 38.2 Å². The van der Waals surface area contributed by atoms with E-state index in [0.717, 1.165) is 31.4 Å². The molecule has 2 aromatic heterocycles. The Morgan fingerprint density at radius 3 is 2.92 bits per heavy atom. The highest BCUT2D eigenvalue weighted by Crippen LogP contribution is 2.29. The van der Waals surface area contributed by atoms with Crippen LogP contribution in [0.15, 0.2) is 10.6 Å². The molecule has 1 atom stereocenters. The van der Waals surface area contributed by atoms with Crippen molar-refractivity contribution in [2.45, 2.75) is 45.6 Å². The molecule has 2 N–H and O–H groups in total. The number of carbonyl (C=O) groups is 1. The number of rotatable bonds is 6. The van der Waals surface area contributed by atoms with Crippen molar-refractivity contribution in [1.82, 2.24) is 25.7 Å². The van der Waals surface area contributed by atoms with Crippen molar-refractivity contribution < 1.29 is 14.1 Å². The van der Waals surface area contributed by atoms with Gasteiger partial charge < -0.3 is 14.6 Å². The molecule has 1 aliphatic heterocycles. The maximum atomic E-state index is 12.6. The van der Waals surface area contributed by atoms with Gasteiger partial charge in [0.2, 0.25) is 5.89 Å². The lowest BCUT2D eigenvalue weighted by Gasteiger charge is -2.28. The average molecular weight is 333 g/mol. The Kier molecular flexibility index (Phi) is 5.24. The van der Waals surface area contributed by atoms with E-state index in [1.165, 1.54) is 0 Å². The molecule has 8 nitrogen and oxygen atoms in total. The largest absolute Gasteiger partial charge is 0.381 e. The van der Waals surface area contributed by atoms with Gasteiger partial charge in [0.25, 0.3) is 5.91 Å². The van der Waals surface area contributed by atoms with Crippen molar-refractivity contribution in [3.05, 3.63) is 29.2 Å². The van der Waals surface area contributed by atoms with Gasteiger partial charge in [-0.15, -0.1) is 0 Å². The number of H-pyrrole nitrogens is 1. The lowest BCUT2D eigenvalue weighted by Crippen LogP contribution is -2.36. The number of aromatic amines is 1. The molecule has 0 aliphatic carbocycles. The van der Waals surface area contributed by atoms with Crippen LogP contribution in [0.4, 0.5) is 0 Å². The number of aromatic nitrogens is 4. The number of nitrogens with zero attached hydrogens (tertiary/aromatic N) is 3. The molecule has 3 rings (SSSR count). The summed E-state index contributed by atoms with van der Waals surface area (Å²) < 4.78 is 10.7. The lowest BCUT2D eigenvalue weighted by molar-refractivity contribution is 0.0467. The molecule has 0 unspecified atom stereocenters. The number of ether oxygens (including phenoxy) is 1. The van der Waals surface area contributed by atoms with Crippen LogP contribution in [0.5, 0.6) is 0 Å². The Morgan fingerprint density at radius 1 is 1.46 bits per heavy atom. The number of nitrogens with one attached hydrogen (secondary N) is 2. The Morgan fingerprint density at radius 2 is 2.25 bits per heavy atom. The Labute approximate surface area is 140 Å². The van der Waals surface area contributed by atoms with Crippen LogP contribution in [-0.4, -0.2) is 39.5 Å². The van der Waals surface area contributed by atoms with Gasteiger partial charge in [-0.2, -0.15) is 10.1 Å². The van der Waals surface area contributed by atoms with Crippen molar-refractivity contribution in [2.24, 2.45) is 5.92 Å². The molecule has 2 aromatic rings. The monoisotopic (exact) mass is 333 g/mol. The highest BCUT2D eigenvalue weighted by atomic mass is 16.5. The summed E-state index contributed by atoms with van der Waals surface area (Å²) in [4.78, 5) is 16.9. The van der Waals surface area contributed by atoms with Crippen LogP contribution in [0.1, 0.15) is 60.1 Å². The van der Waals surface area contributed by atoms with Crippen LogP contribution in [0.3, 0.4) is 0 Å². The second-order valence-corrected chi connectivity index (χ2v) is 6.11. The minimum Gasteiger partial charge on any atom is -0.381 e. The van der Waals surface area contributed by atoms with E-state index < -0.39 is 0 Å². The van der Waals surface area contributed by atoms with Crippen LogP contribution < -0.4 is 5.32 Å². The van der Waals surface area contributed by atoms with Crippen LogP contribution in [0.25, 0.3) is 0 Å². The smallest absolute Gasteiger partial charge is 0.272 e. The van der Waals surface area contributed by atoms with Crippen LogP contribution in [0, 0.1) is 12.8 Å². The molecule has 1 saturated heterocycles. The Hall–Kier alpha value is -2.22. The van der Waals surface area contributed by atoms with Crippen LogP contribution >= 0.6 is 0 Å². The number of hydrogen-bond acceptors (Lipinski definition) is 6. The first kappa shape index (κ1) is 16.6. The van der Waals surface area contributed by atoms with Gasteiger partial charge in [-0.25, -0.2) is 0 Å². The van der Waals surface area contributed by atoms with Gasteiger partial charge in [-0.1, -0.05) is 18.5 Å². The molecule has 0 saturated carbocycles. The van der Waals surface area contributed by atoms with Crippen molar-refractivity contribution in [2.75, 3.05) is 13.2 Å². The third-order valence-electron chi connectivity index (χ3n) is 4.22. The highest BCUT2D eigenvalue weighted by molar-refractivity contribution is 5.92. The quantitative estimate of drug-likeness (QED) is 0.837. The number of hydrogen-bond donors (Lipinski definition) is 2. The normalized spacial score (nSPS) is 16.9. The van der Waals surface area contributed by atoms with E-state index in [2.05, 4.69) is 32.6 Å². The standard InChI is InChI=1S/C16H23N5O3/c1-3-4-12-9-13(20-19-12)15(22)18-14(11-5-7-23-8-6-11)16-17-10(2)21-24-16/h9,11,14H,3-8H2,1-2H3,(H,18,22)(H,19,20)/t14-/m0/s1. The average Bonchev–Trinajstić information content (AvgIpc) is 3.23. The number of amides is 1. The molecule has 1 fully saturated rings. The van der Waals surface area contributed by atoms with Crippen molar-refractivity contribution in [1.29, 1.82) is 0 Å². The molecule has 1 amide bonds. The molecule has 1 aliphatic rings. The van der Waals surface area contributed by atoms with Crippen LogP contribution in [-0.2, 0) is 11.2 Å². The highest BCUT2D eigenvalue weighted by Gasteiger charge is 2.31. The Balaban J connectivity index is 1.76. The van der Waals surface area contributed by atoms with E-state index in [1.807, 2.05) is 0 Å². The zero-order chi connectivity index (χ0) is 16.9. The van der Waals surface area contributed by atoms with Gasteiger partial charge >= 0.3 is 0 Å². The molecule has 0 bridgehead atoms. The first-order valence-corrected chi connectivity index (χ1v) is 8.40. The second kappa shape index (κ2) is 7.57. The fourth-order valence-electron chi connectivity index (χ4n) is 2.96. The second-order valence-electron chi connectivity index (χ2n) is 6.11. The summed E-state index contributed by atoms with van der Waals surface area (Å²) in [6.07, 6.45) is 3.55. The minimum atomic E-state index is -0.325. The molecular weight excluding hydrogens is 310 g/mol. The Bertz CT molecular complexity index is 675. The summed E-state index contributed by atoms with van der Waals surface area (Å²) in [6.45, 7) is 5.20. The fourth-order valence-corrected chi connectivity index (χ4v) is 2.96. The van der Waals surface area contributed by atoms with Gasteiger partial charge in [0.1, 0.15) is 11.7 Å². The SMILES string of the molecule is CCCc1cc(C(=O)N[C@H](c2nc(C)no2)C2CCOCC2)n[nH]1.